The number of halogens is 4. The van der Waals surface area contributed by atoms with Crippen LogP contribution in [0.25, 0.3) is 0 Å². The maximum atomic E-state index is 14.7. The first kappa shape index (κ1) is 22.4. The molecular weight excluding hydrogens is 439 g/mol. The Bertz CT molecular complexity index is 1010. The van der Waals surface area contributed by atoms with Crippen LogP contribution in [-0.2, 0) is 5.54 Å². The molecule has 1 aliphatic heterocycles. The fourth-order valence-corrected chi connectivity index (χ4v) is 4.62. The third kappa shape index (κ3) is 3.98. The first-order chi connectivity index (χ1) is 14.0. The quantitative estimate of drug-likeness (QED) is 0.661. The largest absolute Gasteiger partial charge is 0.378 e. The topological polar surface area (TPSA) is 93.3 Å². The number of aromatic nitrogens is 2. The number of amides is 1. The van der Waals surface area contributed by atoms with Crippen molar-refractivity contribution < 1.29 is 18.0 Å². The van der Waals surface area contributed by atoms with Crippen LogP contribution >= 0.6 is 23.4 Å². The standard InChI is InChI=1S/C19H19ClF3N5OS/c1-9-18(2,28-17(24)30-19(9,3)16(22)23)12-6-11(8-26-14(12)21)27-15(29)13-5-4-10(20)7-25-13/h4-9,16H,1-3H3,(H2,24,28)(H,27,29)/t9?,18-,19-/m0/s1. The third-order valence-electron chi connectivity index (χ3n) is 5.41. The lowest BCUT2D eigenvalue weighted by Gasteiger charge is -2.46. The second-order valence-corrected chi connectivity index (χ2v) is 9.22. The van der Waals surface area contributed by atoms with E-state index in [-0.39, 0.29) is 22.1 Å². The lowest BCUT2D eigenvalue weighted by Crippen LogP contribution is -2.52. The number of nitrogens with one attached hydrogen (secondary N) is 1. The number of rotatable bonds is 4. The molecule has 3 rings (SSSR count). The minimum absolute atomic E-state index is 0.0491. The molecule has 0 radical (unpaired) electrons. The fourth-order valence-electron chi connectivity index (χ4n) is 3.32. The molecule has 0 aromatic carbocycles. The summed E-state index contributed by atoms with van der Waals surface area (Å²) < 4.78 is 40.8. The second-order valence-electron chi connectivity index (χ2n) is 7.28. The molecule has 2 aromatic heterocycles. The van der Waals surface area contributed by atoms with E-state index in [0.717, 1.165) is 18.0 Å². The first-order valence-electron chi connectivity index (χ1n) is 8.89. The van der Waals surface area contributed by atoms with E-state index < -0.39 is 34.5 Å². The van der Waals surface area contributed by atoms with Crippen molar-refractivity contribution in [1.82, 2.24) is 9.97 Å². The van der Waals surface area contributed by atoms with Crippen molar-refractivity contribution in [2.24, 2.45) is 16.6 Å². The molecule has 0 bridgehead atoms. The highest BCUT2D eigenvalue weighted by atomic mass is 35.5. The van der Waals surface area contributed by atoms with Crippen LogP contribution in [0, 0.1) is 11.9 Å². The summed E-state index contributed by atoms with van der Waals surface area (Å²) in [6, 6.07) is 4.25. The van der Waals surface area contributed by atoms with E-state index in [1.807, 2.05) is 0 Å². The number of alkyl halides is 2. The summed E-state index contributed by atoms with van der Waals surface area (Å²) in [6.07, 6.45) is -0.283. The Balaban J connectivity index is 1.99. The van der Waals surface area contributed by atoms with E-state index in [0.29, 0.717) is 5.02 Å². The normalized spacial score (nSPS) is 26.4. The molecule has 1 amide bonds. The van der Waals surface area contributed by atoms with E-state index >= 15 is 0 Å². The van der Waals surface area contributed by atoms with Crippen LogP contribution in [0.15, 0.2) is 35.6 Å². The van der Waals surface area contributed by atoms with E-state index in [1.54, 1.807) is 6.92 Å². The van der Waals surface area contributed by atoms with Crippen LogP contribution in [0.3, 0.4) is 0 Å². The Morgan fingerprint density at radius 2 is 2.00 bits per heavy atom. The number of pyridine rings is 2. The minimum atomic E-state index is -2.72. The van der Waals surface area contributed by atoms with E-state index in [4.69, 9.17) is 17.3 Å². The Morgan fingerprint density at radius 3 is 2.60 bits per heavy atom. The van der Waals surface area contributed by atoms with Crippen LogP contribution < -0.4 is 11.1 Å². The van der Waals surface area contributed by atoms with Crippen LogP contribution in [0.1, 0.15) is 36.8 Å². The van der Waals surface area contributed by atoms with Crippen molar-refractivity contribution in [1.29, 1.82) is 0 Å². The smallest absolute Gasteiger partial charge is 0.274 e. The van der Waals surface area contributed by atoms with Crippen LogP contribution in [0.2, 0.25) is 5.02 Å². The molecule has 0 saturated heterocycles. The molecule has 0 saturated carbocycles. The average molecular weight is 458 g/mol. The molecule has 3 heterocycles. The monoisotopic (exact) mass is 457 g/mol. The number of aliphatic imine (C=N–C) groups is 1. The van der Waals surface area contributed by atoms with Crippen LogP contribution in [-0.4, -0.2) is 32.2 Å². The molecule has 0 fully saturated rings. The number of nitrogens with zero attached hydrogens (tertiary/aromatic N) is 3. The Kier molecular flexibility index (Phi) is 6.01. The zero-order chi connectivity index (χ0) is 22.3. The van der Waals surface area contributed by atoms with Gasteiger partial charge in [-0.2, -0.15) is 4.39 Å². The number of carbonyl (C=O) groups is 1. The third-order valence-corrected chi connectivity index (χ3v) is 6.90. The van der Waals surface area contributed by atoms with Gasteiger partial charge in [-0.1, -0.05) is 30.3 Å². The van der Waals surface area contributed by atoms with Gasteiger partial charge in [0.15, 0.2) is 5.17 Å². The SMILES string of the molecule is CC1[C@@](C)(C(F)F)SC(N)=N[C@]1(C)c1cc(NC(=O)c2ccc(Cl)cn2)cnc1F. The Hall–Kier alpha value is -2.33. The number of hydrogen-bond donors (Lipinski definition) is 2. The molecule has 6 nitrogen and oxygen atoms in total. The van der Waals surface area contributed by atoms with Crippen molar-refractivity contribution in [3.05, 3.63) is 52.8 Å². The maximum Gasteiger partial charge on any atom is 0.274 e. The molecule has 160 valence electrons. The minimum Gasteiger partial charge on any atom is -0.378 e. The Labute approximate surface area is 180 Å². The van der Waals surface area contributed by atoms with Gasteiger partial charge in [0.25, 0.3) is 12.3 Å². The molecule has 0 spiro atoms. The van der Waals surface area contributed by atoms with E-state index in [9.17, 15) is 18.0 Å². The molecule has 1 aliphatic rings. The van der Waals surface area contributed by atoms with Gasteiger partial charge < -0.3 is 11.1 Å². The molecular formula is C19H19ClF3N5OS. The van der Waals surface area contributed by atoms with Gasteiger partial charge in [0.1, 0.15) is 5.69 Å². The predicted molar refractivity (Wildman–Crippen MR) is 112 cm³/mol. The highest BCUT2D eigenvalue weighted by Gasteiger charge is 2.54. The number of nitrogens with two attached hydrogens (primary N) is 1. The lowest BCUT2D eigenvalue weighted by molar-refractivity contribution is 0.0571. The second kappa shape index (κ2) is 8.07. The molecule has 1 unspecified atom stereocenters. The zero-order valence-corrected chi connectivity index (χ0v) is 17.9. The number of amidine groups is 1. The summed E-state index contributed by atoms with van der Waals surface area (Å²) >= 11 is 6.53. The van der Waals surface area contributed by atoms with Gasteiger partial charge >= 0.3 is 0 Å². The summed E-state index contributed by atoms with van der Waals surface area (Å²) in [6.45, 7) is 4.46. The number of carbonyl (C=O) groups excluding carboxylic acids is 1. The van der Waals surface area contributed by atoms with Gasteiger partial charge in [-0.15, -0.1) is 0 Å². The van der Waals surface area contributed by atoms with Crippen molar-refractivity contribution in [2.75, 3.05) is 5.32 Å². The summed E-state index contributed by atoms with van der Waals surface area (Å²) in [5.74, 6) is -2.25. The van der Waals surface area contributed by atoms with Gasteiger partial charge in [0, 0.05) is 17.7 Å². The molecule has 2 aromatic rings. The van der Waals surface area contributed by atoms with Crippen molar-refractivity contribution in [3.8, 4) is 0 Å². The van der Waals surface area contributed by atoms with E-state index in [1.165, 1.54) is 38.2 Å². The van der Waals surface area contributed by atoms with Gasteiger partial charge in [0.05, 0.1) is 27.2 Å². The Morgan fingerprint density at radius 1 is 1.30 bits per heavy atom. The summed E-state index contributed by atoms with van der Waals surface area (Å²) in [5.41, 5.74) is 4.61. The molecule has 30 heavy (non-hydrogen) atoms. The highest BCUT2D eigenvalue weighted by molar-refractivity contribution is 8.15. The van der Waals surface area contributed by atoms with Crippen LogP contribution in [0.4, 0.5) is 18.9 Å². The van der Waals surface area contributed by atoms with E-state index in [2.05, 4.69) is 20.3 Å². The van der Waals surface area contributed by atoms with Gasteiger partial charge in [-0.25, -0.2) is 18.7 Å². The number of thioether (sulfide) groups is 1. The molecule has 3 atom stereocenters. The predicted octanol–water partition coefficient (Wildman–Crippen LogP) is 4.46. The molecule has 3 N–H and O–H groups in total. The fraction of sp³-hybridized carbons (Fsp3) is 0.368. The van der Waals surface area contributed by atoms with Crippen molar-refractivity contribution in [3.63, 3.8) is 0 Å². The van der Waals surface area contributed by atoms with Gasteiger partial charge in [-0.05, 0) is 32.0 Å². The summed E-state index contributed by atoms with van der Waals surface area (Å²) in [5, 5.41) is 2.86. The highest BCUT2D eigenvalue weighted by Crippen LogP contribution is 2.52. The summed E-state index contributed by atoms with van der Waals surface area (Å²) in [4.78, 5) is 24.3. The molecule has 11 heteroatoms. The average Bonchev–Trinajstić information content (AvgIpc) is 2.67. The molecule has 0 aliphatic carbocycles. The van der Waals surface area contributed by atoms with Crippen LogP contribution in [0.5, 0.6) is 0 Å². The maximum absolute atomic E-state index is 14.7. The first-order valence-corrected chi connectivity index (χ1v) is 10.1. The van der Waals surface area contributed by atoms with Crippen molar-refractivity contribution in [2.45, 2.75) is 37.5 Å². The number of anilines is 1. The van der Waals surface area contributed by atoms with Gasteiger partial charge in [-0.3, -0.25) is 9.79 Å². The van der Waals surface area contributed by atoms with Gasteiger partial charge in [0.2, 0.25) is 5.95 Å². The van der Waals surface area contributed by atoms with Crippen molar-refractivity contribution >= 4 is 40.1 Å². The zero-order valence-electron chi connectivity index (χ0n) is 16.3. The lowest BCUT2D eigenvalue weighted by atomic mass is 9.74. The summed E-state index contributed by atoms with van der Waals surface area (Å²) in [7, 11) is 0. The number of hydrogen-bond acceptors (Lipinski definition) is 6.